The lowest BCUT2D eigenvalue weighted by Crippen LogP contribution is -2.36. The van der Waals surface area contributed by atoms with Gasteiger partial charge in [0.1, 0.15) is 0 Å². The monoisotopic (exact) mass is 153 g/mol. The quantitative estimate of drug-likeness (QED) is 0.485. The van der Waals surface area contributed by atoms with Gasteiger partial charge < -0.3 is 5.73 Å². The fraction of sp³-hybridized carbons (Fsp3) is 0.333. The molecule has 0 aromatic heterocycles. The van der Waals surface area contributed by atoms with E-state index in [4.69, 9.17) is 5.73 Å². The van der Waals surface area contributed by atoms with Gasteiger partial charge in [-0.2, -0.15) is 0 Å². The Morgan fingerprint density at radius 1 is 1.73 bits per heavy atom. The first-order chi connectivity index (χ1) is 5.11. The maximum Gasteiger partial charge on any atom is 0.280 e. The summed E-state index contributed by atoms with van der Waals surface area (Å²) in [4.78, 5) is 28.5. The van der Waals surface area contributed by atoms with Crippen LogP contribution in [-0.2, 0) is 9.59 Å². The highest BCUT2D eigenvalue weighted by Crippen LogP contribution is 1.98. The Labute approximate surface area is 63.0 Å². The van der Waals surface area contributed by atoms with Crippen LogP contribution < -0.4 is 5.73 Å². The number of amides is 2. The first-order valence-electron chi connectivity index (χ1n) is 3.03. The van der Waals surface area contributed by atoms with Gasteiger partial charge in [0, 0.05) is 6.21 Å². The number of primary amides is 1. The van der Waals surface area contributed by atoms with Crippen molar-refractivity contribution in [1.29, 1.82) is 0 Å². The molecule has 0 aromatic carbocycles. The van der Waals surface area contributed by atoms with Gasteiger partial charge >= 0.3 is 0 Å². The Morgan fingerprint density at radius 2 is 2.36 bits per heavy atom. The van der Waals surface area contributed by atoms with E-state index >= 15 is 0 Å². The van der Waals surface area contributed by atoms with Crippen LogP contribution in [0.5, 0.6) is 0 Å². The molecule has 11 heavy (non-hydrogen) atoms. The van der Waals surface area contributed by atoms with Crippen molar-refractivity contribution in [1.82, 2.24) is 0 Å². The number of hydrogen-bond donors (Lipinski definition) is 1. The zero-order chi connectivity index (χ0) is 8.43. The molecule has 1 aliphatic rings. The summed E-state index contributed by atoms with van der Waals surface area (Å²) in [5.74, 6) is -1.35. The van der Waals surface area contributed by atoms with Crippen LogP contribution in [0.3, 0.4) is 0 Å². The van der Waals surface area contributed by atoms with Crippen LogP contribution in [-0.4, -0.2) is 29.8 Å². The van der Waals surface area contributed by atoms with E-state index in [0.29, 0.717) is 5.71 Å². The highest BCUT2D eigenvalue weighted by atomic mass is 16.2. The van der Waals surface area contributed by atoms with E-state index in [1.807, 2.05) is 0 Å². The average molecular weight is 153 g/mol. The number of nitrogens with two attached hydrogens (primary N) is 1. The van der Waals surface area contributed by atoms with Crippen LogP contribution in [0.25, 0.3) is 0 Å². The van der Waals surface area contributed by atoms with Crippen LogP contribution in [0.1, 0.15) is 6.92 Å². The number of carbonyl (C=O) groups excluding carboxylic acids is 2. The summed E-state index contributed by atoms with van der Waals surface area (Å²) in [7, 11) is 0. The predicted octanol–water partition coefficient (Wildman–Crippen LogP) is -1.09. The molecule has 5 nitrogen and oxygen atoms in total. The van der Waals surface area contributed by atoms with E-state index < -0.39 is 17.9 Å². The van der Waals surface area contributed by atoms with Gasteiger partial charge in [-0.25, -0.2) is 4.99 Å². The number of aliphatic imine (C=N–C) groups is 2. The van der Waals surface area contributed by atoms with Gasteiger partial charge in [0.2, 0.25) is 6.04 Å². The molecule has 1 unspecified atom stereocenters. The van der Waals surface area contributed by atoms with Crippen molar-refractivity contribution in [2.45, 2.75) is 13.0 Å². The SMILES string of the molecule is CC1=NC(=O)C(C(N)=O)N=C1. The van der Waals surface area contributed by atoms with Crippen molar-refractivity contribution in [2.24, 2.45) is 15.7 Å². The van der Waals surface area contributed by atoms with E-state index in [2.05, 4.69) is 9.98 Å². The van der Waals surface area contributed by atoms with Gasteiger partial charge in [-0.15, -0.1) is 0 Å². The molecule has 0 bridgehead atoms. The molecule has 0 aromatic rings. The summed E-state index contributed by atoms with van der Waals surface area (Å²) < 4.78 is 0. The molecule has 0 saturated carbocycles. The van der Waals surface area contributed by atoms with Crippen LogP contribution in [0, 0.1) is 0 Å². The maximum absolute atomic E-state index is 10.8. The minimum Gasteiger partial charge on any atom is -0.367 e. The predicted molar refractivity (Wildman–Crippen MR) is 39.6 cm³/mol. The molecule has 0 fully saturated rings. The molecule has 1 atom stereocenters. The molecule has 1 aliphatic heterocycles. The van der Waals surface area contributed by atoms with Crippen molar-refractivity contribution < 1.29 is 9.59 Å². The molecule has 5 heteroatoms. The molecule has 1 rings (SSSR count). The lowest BCUT2D eigenvalue weighted by Gasteiger charge is -2.07. The second-order valence-corrected chi connectivity index (χ2v) is 2.17. The van der Waals surface area contributed by atoms with Gasteiger partial charge in [0.05, 0.1) is 5.71 Å². The summed E-state index contributed by atoms with van der Waals surface area (Å²) in [6.07, 6.45) is 1.36. The standard InChI is InChI=1S/C6H7N3O2/c1-3-2-8-4(5(7)10)6(11)9-3/h2,4H,1H3,(H2,7,10). The van der Waals surface area contributed by atoms with Gasteiger partial charge in [-0.1, -0.05) is 0 Å². The van der Waals surface area contributed by atoms with E-state index in [9.17, 15) is 9.59 Å². The normalized spacial score (nSPS) is 23.2. The first kappa shape index (κ1) is 7.59. The van der Waals surface area contributed by atoms with E-state index in [1.165, 1.54) is 6.21 Å². The van der Waals surface area contributed by atoms with Crippen molar-refractivity contribution in [3.05, 3.63) is 0 Å². The number of rotatable bonds is 1. The molecule has 0 aliphatic carbocycles. The smallest absolute Gasteiger partial charge is 0.280 e. The third-order valence-corrected chi connectivity index (χ3v) is 1.20. The number of hydrogen-bond acceptors (Lipinski definition) is 3. The molecule has 58 valence electrons. The fourth-order valence-electron chi connectivity index (χ4n) is 0.705. The molecule has 0 saturated heterocycles. The summed E-state index contributed by atoms with van der Waals surface area (Å²) in [5.41, 5.74) is 5.35. The average Bonchev–Trinajstić information content (AvgIpc) is 1.85. The van der Waals surface area contributed by atoms with Gasteiger partial charge in [-0.05, 0) is 6.92 Å². The maximum atomic E-state index is 10.8. The third kappa shape index (κ3) is 1.49. The Morgan fingerprint density at radius 3 is 2.82 bits per heavy atom. The minimum absolute atomic E-state index is 0.493. The fourth-order valence-corrected chi connectivity index (χ4v) is 0.705. The number of carbonyl (C=O) groups is 2. The van der Waals surface area contributed by atoms with E-state index in [1.54, 1.807) is 6.92 Å². The Balaban J connectivity index is 2.86. The zero-order valence-corrected chi connectivity index (χ0v) is 5.94. The Kier molecular flexibility index (Phi) is 1.80. The van der Waals surface area contributed by atoms with Crippen molar-refractivity contribution in [3.63, 3.8) is 0 Å². The van der Waals surface area contributed by atoms with E-state index in [0.717, 1.165) is 0 Å². The molecular weight excluding hydrogens is 146 g/mol. The summed E-state index contributed by atoms with van der Waals surface area (Å²) in [5, 5.41) is 0. The van der Waals surface area contributed by atoms with Crippen LogP contribution >= 0.6 is 0 Å². The Bertz CT molecular complexity index is 267. The Hall–Kier alpha value is -1.52. The summed E-state index contributed by atoms with van der Waals surface area (Å²) in [6, 6.07) is -1.11. The van der Waals surface area contributed by atoms with Crippen molar-refractivity contribution in [2.75, 3.05) is 0 Å². The number of nitrogens with zero attached hydrogens (tertiary/aromatic N) is 2. The van der Waals surface area contributed by atoms with Crippen molar-refractivity contribution >= 4 is 23.7 Å². The topological polar surface area (TPSA) is 84.9 Å². The molecular formula is C6H7N3O2. The van der Waals surface area contributed by atoms with Crippen LogP contribution in [0.2, 0.25) is 0 Å². The molecule has 0 radical (unpaired) electrons. The second-order valence-electron chi connectivity index (χ2n) is 2.17. The van der Waals surface area contributed by atoms with Gasteiger partial charge in [0.15, 0.2) is 0 Å². The second kappa shape index (κ2) is 2.61. The highest BCUT2D eigenvalue weighted by Gasteiger charge is 2.24. The summed E-state index contributed by atoms with van der Waals surface area (Å²) in [6.45, 7) is 1.62. The lowest BCUT2D eigenvalue weighted by atomic mass is 10.2. The molecule has 2 N–H and O–H groups in total. The minimum atomic E-state index is -1.11. The van der Waals surface area contributed by atoms with E-state index in [-0.39, 0.29) is 0 Å². The lowest BCUT2D eigenvalue weighted by molar-refractivity contribution is -0.127. The highest BCUT2D eigenvalue weighted by molar-refractivity contribution is 6.34. The first-order valence-corrected chi connectivity index (χ1v) is 3.03. The largest absolute Gasteiger partial charge is 0.367 e. The van der Waals surface area contributed by atoms with Crippen molar-refractivity contribution in [3.8, 4) is 0 Å². The molecule has 1 heterocycles. The molecule has 2 amide bonds. The zero-order valence-electron chi connectivity index (χ0n) is 5.94. The van der Waals surface area contributed by atoms with Crippen LogP contribution in [0.15, 0.2) is 9.98 Å². The summed E-state index contributed by atoms with van der Waals surface area (Å²) >= 11 is 0. The molecule has 0 spiro atoms. The van der Waals surface area contributed by atoms with Crippen LogP contribution in [0.4, 0.5) is 0 Å². The van der Waals surface area contributed by atoms with Gasteiger partial charge in [0.25, 0.3) is 11.8 Å². The van der Waals surface area contributed by atoms with Gasteiger partial charge in [-0.3, -0.25) is 14.6 Å². The third-order valence-electron chi connectivity index (χ3n) is 1.20.